The van der Waals surface area contributed by atoms with E-state index in [1.54, 1.807) is 0 Å². The zero-order chi connectivity index (χ0) is 10.6. The van der Waals surface area contributed by atoms with Crippen molar-refractivity contribution in [2.45, 2.75) is 26.4 Å². The van der Waals surface area contributed by atoms with Crippen molar-refractivity contribution in [3.8, 4) is 0 Å². The van der Waals surface area contributed by atoms with E-state index in [4.69, 9.17) is 11.6 Å². The van der Waals surface area contributed by atoms with Gasteiger partial charge in [0.15, 0.2) is 0 Å². The minimum Gasteiger partial charge on any atom is -0.307 e. The number of nitrogens with one attached hydrogen (secondary N) is 1. The summed E-state index contributed by atoms with van der Waals surface area (Å²) in [6.45, 7) is 8.67. The van der Waals surface area contributed by atoms with Gasteiger partial charge in [-0.3, -0.25) is 0 Å². The average molecular weight is 210 g/mol. The fourth-order valence-corrected chi connectivity index (χ4v) is 1.30. The summed E-state index contributed by atoms with van der Waals surface area (Å²) in [7, 11) is 0. The molecule has 1 nitrogen and oxygen atoms in total. The maximum atomic E-state index is 5.93. The molecule has 0 bridgehead atoms. The molecule has 0 saturated carbocycles. The summed E-state index contributed by atoms with van der Waals surface area (Å²) >= 11 is 5.93. The smallest absolute Gasteiger partial charge is 0.0435 e. The molecule has 0 spiro atoms. The third-order valence-corrected chi connectivity index (χ3v) is 2.63. The highest BCUT2D eigenvalue weighted by atomic mass is 35.5. The van der Waals surface area contributed by atoms with E-state index in [-0.39, 0.29) is 0 Å². The molecule has 0 aliphatic carbocycles. The molecule has 0 amide bonds. The normalized spacial score (nSPS) is 12.5. The van der Waals surface area contributed by atoms with E-state index in [1.165, 1.54) is 5.56 Å². The summed E-state index contributed by atoms with van der Waals surface area (Å²) in [6.07, 6.45) is 1.89. The van der Waals surface area contributed by atoms with Crippen molar-refractivity contribution in [1.82, 2.24) is 5.32 Å². The fourth-order valence-electron chi connectivity index (χ4n) is 1.18. The van der Waals surface area contributed by atoms with Crippen LogP contribution in [0, 0.1) is 6.92 Å². The SMILES string of the molecule is C=CC(C)NCc1ccc(Cl)c(C)c1. The van der Waals surface area contributed by atoms with Gasteiger partial charge in [0.25, 0.3) is 0 Å². The predicted molar refractivity (Wildman–Crippen MR) is 62.7 cm³/mol. The van der Waals surface area contributed by atoms with Gasteiger partial charge in [-0.15, -0.1) is 6.58 Å². The second-order valence-electron chi connectivity index (χ2n) is 3.49. The Morgan fingerprint density at radius 1 is 1.57 bits per heavy atom. The first-order valence-corrected chi connectivity index (χ1v) is 5.12. The molecule has 76 valence electrons. The van der Waals surface area contributed by atoms with Gasteiger partial charge in [-0.05, 0) is 31.0 Å². The second kappa shape index (κ2) is 5.18. The molecular formula is C12H16ClN. The van der Waals surface area contributed by atoms with Crippen LogP contribution >= 0.6 is 11.6 Å². The quantitative estimate of drug-likeness (QED) is 0.751. The van der Waals surface area contributed by atoms with Crippen molar-refractivity contribution in [1.29, 1.82) is 0 Å². The van der Waals surface area contributed by atoms with Gasteiger partial charge >= 0.3 is 0 Å². The van der Waals surface area contributed by atoms with Gasteiger partial charge in [0.05, 0.1) is 0 Å². The van der Waals surface area contributed by atoms with Crippen molar-refractivity contribution in [3.63, 3.8) is 0 Å². The zero-order valence-electron chi connectivity index (χ0n) is 8.68. The molecular weight excluding hydrogens is 194 g/mol. The monoisotopic (exact) mass is 209 g/mol. The summed E-state index contributed by atoms with van der Waals surface area (Å²) < 4.78 is 0. The van der Waals surface area contributed by atoms with Gasteiger partial charge in [-0.1, -0.05) is 29.8 Å². The lowest BCUT2D eigenvalue weighted by atomic mass is 10.1. The van der Waals surface area contributed by atoms with Gasteiger partial charge in [0.1, 0.15) is 0 Å². The minimum absolute atomic E-state index is 0.339. The summed E-state index contributed by atoms with van der Waals surface area (Å²) in [6, 6.07) is 6.42. The van der Waals surface area contributed by atoms with Crippen LogP contribution < -0.4 is 5.32 Å². The van der Waals surface area contributed by atoms with Crippen LogP contribution in [0.4, 0.5) is 0 Å². The van der Waals surface area contributed by atoms with E-state index >= 15 is 0 Å². The molecule has 2 heteroatoms. The molecule has 0 radical (unpaired) electrons. The Kier molecular flexibility index (Phi) is 4.18. The lowest BCUT2D eigenvalue weighted by Crippen LogP contribution is -2.22. The van der Waals surface area contributed by atoms with E-state index in [9.17, 15) is 0 Å². The highest BCUT2D eigenvalue weighted by Gasteiger charge is 1.99. The Labute approximate surface area is 90.8 Å². The molecule has 0 fully saturated rings. The van der Waals surface area contributed by atoms with Crippen molar-refractivity contribution < 1.29 is 0 Å². The van der Waals surface area contributed by atoms with Gasteiger partial charge < -0.3 is 5.32 Å². The number of aryl methyl sites for hydroxylation is 1. The van der Waals surface area contributed by atoms with Crippen LogP contribution in [0.2, 0.25) is 5.02 Å². The van der Waals surface area contributed by atoms with Gasteiger partial charge in [-0.25, -0.2) is 0 Å². The van der Waals surface area contributed by atoms with Crippen LogP contribution in [0.5, 0.6) is 0 Å². The second-order valence-corrected chi connectivity index (χ2v) is 3.90. The number of benzene rings is 1. The largest absolute Gasteiger partial charge is 0.307 e. The molecule has 0 aromatic heterocycles. The molecule has 14 heavy (non-hydrogen) atoms. The van der Waals surface area contributed by atoms with E-state index in [0.29, 0.717) is 6.04 Å². The van der Waals surface area contributed by atoms with E-state index in [1.807, 2.05) is 25.1 Å². The standard InChI is InChI=1S/C12H16ClN/c1-4-10(3)14-8-11-5-6-12(13)9(2)7-11/h4-7,10,14H,1,8H2,2-3H3. The third-order valence-electron chi connectivity index (χ3n) is 2.20. The highest BCUT2D eigenvalue weighted by Crippen LogP contribution is 2.16. The number of rotatable bonds is 4. The first-order chi connectivity index (χ1) is 6.63. The summed E-state index contributed by atoms with van der Waals surface area (Å²) in [5.74, 6) is 0. The third kappa shape index (κ3) is 3.17. The number of hydrogen-bond acceptors (Lipinski definition) is 1. The van der Waals surface area contributed by atoms with Crippen molar-refractivity contribution >= 4 is 11.6 Å². The van der Waals surface area contributed by atoms with Crippen LogP contribution in [0.25, 0.3) is 0 Å². The molecule has 0 aliphatic heterocycles. The number of halogens is 1. The topological polar surface area (TPSA) is 12.0 Å². The van der Waals surface area contributed by atoms with Gasteiger partial charge in [-0.2, -0.15) is 0 Å². The average Bonchev–Trinajstić information content (AvgIpc) is 2.19. The molecule has 1 rings (SSSR count). The fraction of sp³-hybridized carbons (Fsp3) is 0.333. The first kappa shape index (κ1) is 11.3. The van der Waals surface area contributed by atoms with Crippen LogP contribution in [0.1, 0.15) is 18.1 Å². The highest BCUT2D eigenvalue weighted by molar-refractivity contribution is 6.31. The molecule has 0 aliphatic rings. The maximum Gasteiger partial charge on any atom is 0.0435 e. The van der Waals surface area contributed by atoms with Crippen LogP contribution in [0.15, 0.2) is 30.9 Å². The lowest BCUT2D eigenvalue weighted by Gasteiger charge is -2.09. The Hall–Kier alpha value is -0.790. The van der Waals surface area contributed by atoms with Crippen LogP contribution in [0.3, 0.4) is 0 Å². The summed E-state index contributed by atoms with van der Waals surface area (Å²) in [5.41, 5.74) is 2.37. The molecule has 1 atom stereocenters. The van der Waals surface area contributed by atoms with Crippen LogP contribution in [-0.2, 0) is 6.54 Å². The van der Waals surface area contributed by atoms with Gasteiger partial charge in [0.2, 0.25) is 0 Å². The molecule has 1 unspecified atom stereocenters. The van der Waals surface area contributed by atoms with Crippen molar-refractivity contribution in [3.05, 3.63) is 47.0 Å². The Bertz CT molecular complexity index is 320. The first-order valence-electron chi connectivity index (χ1n) is 4.74. The lowest BCUT2D eigenvalue weighted by molar-refractivity contribution is 0.634. The molecule has 1 N–H and O–H groups in total. The van der Waals surface area contributed by atoms with Crippen LogP contribution in [-0.4, -0.2) is 6.04 Å². The van der Waals surface area contributed by atoms with E-state index < -0.39 is 0 Å². The molecule has 1 aromatic rings. The zero-order valence-corrected chi connectivity index (χ0v) is 9.43. The molecule has 0 saturated heterocycles. The maximum absolute atomic E-state index is 5.93. The summed E-state index contributed by atoms with van der Waals surface area (Å²) in [5, 5.41) is 4.16. The Morgan fingerprint density at radius 3 is 2.86 bits per heavy atom. The predicted octanol–water partition coefficient (Wildman–Crippen LogP) is 3.31. The summed E-state index contributed by atoms with van der Waals surface area (Å²) in [4.78, 5) is 0. The number of hydrogen-bond donors (Lipinski definition) is 1. The van der Waals surface area contributed by atoms with Crippen molar-refractivity contribution in [2.24, 2.45) is 0 Å². The Morgan fingerprint density at radius 2 is 2.29 bits per heavy atom. The van der Waals surface area contributed by atoms with E-state index in [0.717, 1.165) is 17.1 Å². The molecule has 1 aromatic carbocycles. The minimum atomic E-state index is 0.339. The van der Waals surface area contributed by atoms with E-state index in [2.05, 4.69) is 24.9 Å². The molecule has 0 heterocycles. The Balaban J connectivity index is 2.59. The van der Waals surface area contributed by atoms with Gasteiger partial charge in [0, 0.05) is 17.6 Å². The van der Waals surface area contributed by atoms with Crippen molar-refractivity contribution in [2.75, 3.05) is 0 Å².